The van der Waals surface area contributed by atoms with Crippen molar-refractivity contribution < 1.29 is 18.3 Å². The third-order valence-electron chi connectivity index (χ3n) is 6.68. The number of carbonyl (C=O) groups excluding carboxylic acids is 1. The van der Waals surface area contributed by atoms with E-state index in [1.807, 2.05) is 31.2 Å². The van der Waals surface area contributed by atoms with Crippen molar-refractivity contribution in [2.75, 3.05) is 6.61 Å². The van der Waals surface area contributed by atoms with Crippen molar-refractivity contribution in [3.05, 3.63) is 69.8 Å². The lowest BCUT2D eigenvalue weighted by molar-refractivity contribution is 0.0524. The number of rotatable bonds is 7. The van der Waals surface area contributed by atoms with E-state index in [0.717, 1.165) is 5.56 Å². The van der Waals surface area contributed by atoms with Crippen molar-refractivity contribution in [3.8, 4) is 11.1 Å². The maximum atomic E-state index is 15.2. The second kappa shape index (κ2) is 9.84. The predicted molar refractivity (Wildman–Crippen MR) is 137 cm³/mol. The zero-order chi connectivity index (χ0) is 25.3. The molecule has 1 heterocycles. The third-order valence-corrected chi connectivity index (χ3v) is 11.2. The van der Waals surface area contributed by atoms with Crippen LogP contribution in [0.1, 0.15) is 50.5 Å². The quantitative estimate of drug-likeness (QED) is 0.283. The van der Waals surface area contributed by atoms with Gasteiger partial charge in [0.2, 0.25) is 5.43 Å². The summed E-state index contributed by atoms with van der Waals surface area (Å²) in [7, 11) is -1.86. The molecule has 0 bridgehead atoms. The first-order valence-electron chi connectivity index (χ1n) is 11.7. The minimum atomic E-state index is -1.86. The number of hydrogen-bond donors (Lipinski definition) is 0. The predicted octanol–water partition coefficient (Wildman–Crippen LogP) is 6.53. The number of pyridine rings is 1. The Bertz CT molecular complexity index is 1260. The van der Waals surface area contributed by atoms with E-state index < -0.39 is 25.5 Å². The molecule has 34 heavy (non-hydrogen) atoms. The molecule has 0 unspecified atom stereocenters. The number of nitrogens with zero attached hydrogens (tertiary/aromatic N) is 1. The molecule has 0 aliphatic rings. The Balaban J connectivity index is 1.98. The highest BCUT2D eigenvalue weighted by Crippen LogP contribution is 2.37. The summed E-state index contributed by atoms with van der Waals surface area (Å²) >= 11 is 0. The van der Waals surface area contributed by atoms with E-state index in [4.69, 9.17) is 9.16 Å². The van der Waals surface area contributed by atoms with Crippen LogP contribution >= 0.6 is 0 Å². The molecule has 0 saturated heterocycles. The largest absolute Gasteiger partial charge is 0.462 e. The Morgan fingerprint density at radius 1 is 1.09 bits per heavy atom. The fraction of sp³-hybridized carbons (Fsp3) is 0.407. The lowest BCUT2D eigenvalue weighted by Crippen LogP contribution is -2.40. The molecule has 0 aliphatic heterocycles. The summed E-state index contributed by atoms with van der Waals surface area (Å²) in [6, 6.07) is 10.5. The van der Waals surface area contributed by atoms with Crippen molar-refractivity contribution in [3.63, 3.8) is 0 Å². The highest BCUT2D eigenvalue weighted by atomic mass is 28.4. The Morgan fingerprint density at radius 3 is 2.29 bits per heavy atom. The number of halogens is 1. The van der Waals surface area contributed by atoms with Crippen LogP contribution in [-0.2, 0) is 22.3 Å². The van der Waals surface area contributed by atoms with Crippen LogP contribution in [-0.4, -0.2) is 25.5 Å². The van der Waals surface area contributed by atoms with Gasteiger partial charge in [0.05, 0.1) is 18.7 Å². The maximum Gasteiger partial charge on any atom is 0.343 e. The highest BCUT2D eigenvalue weighted by molar-refractivity contribution is 6.74. The number of aromatic nitrogens is 1. The molecule has 0 spiro atoms. The topological polar surface area (TPSA) is 57.5 Å². The van der Waals surface area contributed by atoms with Gasteiger partial charge >= 0.3 is 5.97 Å². The number of aryl methyl sites for hydroxylation is 1. The summed E-state index contributed by atoms with van der Waals surface area (Å²) in [5, 5.41) is 0.289. The highest BCUT2D eigenvalue weighted by Gasteiger charge is 2.37. The molecule has 0 amide bonds. The van der Waals surface area contributed by atoms with Crippen molar-refractivity contribution in [1.29, 1.82) is 0 Å². The van der Waals surface area contributed by atoms with E-state index in [1.54, 1.807) is 17.6 Å². The fourth-order valence-electron chi connectivity index (χ4n) is 3.51. The Kier molecular flexibility index (Phi) is 7.48. The minimum absolute atomic E-state index is 0.0885. The molecule has 3 aromatic rings. The van der Waals surface area contributed by atoms with E-state index in [9.17, 15) is 9.59 Å². The van der Waals surface area contributed by atoms with Gasteiger partial charge in [-0.1, -0.05) is 45.0 Å². The zero-order valence-corrected chi connectivity index (χ0v) is 22.1. The van der Waals surface area contributed by atoms with Crippen LogP contribution in [0.5, 0.6) is 0 Å². The normalized spacial score (nSPS) is 12.2. The van der Waals surface area contributed by atoms with Gasteiger partial charge < -0.3 is 13.7 Å². The zero-order valence-electron chi connectivity index (χ0n) is 21.1. The SMILES string of the molecule is CCOC(=O)c1cn(CC)c2cc(-c3ccc(CO[Si](C)(C)C(C)(C)C)cc3)c(F)cc2c1=O. The summed E-state index contributed by atoms with van der Waals surface area (Å²) in [5.41, 5.74) is 2.09. The van der Waals surface area contributed by atoms with Crippen molar-refractivity contribution in [1.82, 2.24) is 4.57 Å². The van der Waals surface area contributed by atoms with Crippen LogP contribution in [0.3, 0.4) is 0 Å². The lowest BCUT2D eigenvalue weighted by atomic mass is 10.0. The van der Waals surface area contributed by atoms with Gasteiger partial charge in [0.1, 0.15) is 11.4 Å². The molecule has 2 aromatic carbocycles. The first-order chi connectivity index (χ1) is 15.9. The standard InChI is InChI=1S/C27H34FNO4Si/c1-8-29-16-22(26(31)32-9-2)25(30)21-14-23(28)20(15-24(21)29)19-12-10-18(11-13-19)17-33-34(6,7)27(3,4)5/h10-16H,8-9,17H2,1-7H3. The molecule has 0 atom stereocenters. The minimum Gasteiger partial charge on any atom is -0.462 e. The van der Waals surface area contributed by atoms with Crippen LogP contribution in [0.15, 0.2) is 47.4 Å². The molecule has 1 aromatic heterocycles. The number of fused-ring (bicyclic) bond motifs is 1. The summed E-state index contributed by atoms with van der Waals surface area (Å²) in [5.74, 6) is -1.21. The molecule has 182 valence electrons. The Morgan fingerprint density at radius 2 is 1.74 bits per heavy atom. The van der Waals surface area contributed by atoms with Crippen molar-refractivity contribution in [2.45, 2.75) is 65.9 Å². The van der Waals surface area contributed by atoms with Crippen LogP contribution in [0, 0.1) is 5.82 Å². The molecule has 0 fully saturated rings. The van der Waals surface area contributed by atoms with Gasteiger partial charge in [-0.25, -0.2) is 9.18 Å². The number of hydrogen-bond acceptors (Lipinski definition) is 4. The summed E-state index contributed by atoms with van der Waals surface area (Å²) in [6.45, 7) is 15.8. The number of ether oxygens (including phenoxy) is 1. The van der Waals surface area contributed by atoms with E-state index in [1.165, 1.54) is 12.3 Å². The fourth-order valence-corrected chi connectivity index (χ4v) is 4.47. The van der Waals surface area contributed by atoms with Gasteiger partial charge in [-0.05, 0) is 55.2 Å². The molecule has 3 rings (SSSR count). The molecule has 0 aliphatic carbocycles. The molecule has 7 heteroatoms. The van der Waals surface area contributed by atoms with Gasteiger partial charge in [0.25, 0.3) is 0 Å². The molecule has 0 N–H and O–H groups in total. The lowest BCUT2D eigenvalue weighted by Gasteiger charge is -2.36. The molecule has 5 nitrogen and oxygen atoms in total. The number of esters is 1. The second-order valence-corrected chi connectivity index (χ2v) is 14.8. The van der Waals surface area contributed by atoms with Crippen molar-refractivity contribution >= 4 is 25.2 Å². The molecule has 0 radical (unpaired) electrons. The van der Waals surface area contributed by atoms with E-state index in [2.05, 4.69) is 33.9 Å². The summed E-state index contributed by atoms with van der Waals surface area (Å²) in [6.07, 6.45) is 1.49. The van der Waals surface area contributed by atoms with Gasteiger partial charge in [0, 0.05) is 23.7 Å². The Hall–Kier alpha value is -2.77. The van der Waals surface area contributed by atoms with Gasteiger partial charge in [-0.3, -0.25) is 4.79 Å². The van der Waals surface area contributed by atoms with Crippen LogP contribution in [0.25, 0.3) is 22.0 Å². The second-order valence-electron chi connectivity index (χ2n) is 9.97. The van der Waals surface area contributed by atoms with Gasteiger partial charge in [-0.2, -0.15) is 0 Å². The Labute approximate surface area is 201 Å². The van der Waals surface area contributed by atoms with E-state index in [-0.39, 0.29) is 22.6 Å². The summed E-state index contributed by atoms with van der Waals surface area (Å²) < 4.78 is 28.2. The average Bonchev–Trinajstić information content (AvgIpc) is 2.78. The van der Waals surface area contributed by atoms with Crippen LogP contribution < -0.4 is 5.43 Å². The number of benzene rings is 2. The first kappa shape index (κ1) is 25.8. The third kappa shape index (κ3) is 5.15. The monoisotopic (exact) mass is 483 g/mol. The smallest absolute Gasteiger partial charge is 0.343 e. The summed E-state index contributed by atoms with van der Waals surface area (Å²) in [4.78, 5) is 25.1. The van der Waals surface area contributed by atoms with Gasteiger partial charge in [-0.15, -0.1) is 0 Å². The van der Waals surface area contributed by atoms with E-state index in [0.29, 0.717) is 29.8 Å². The maximum absolute atomic E-state index is 15.2. The van der Waals surface area contributed by atoms with Crippen molar-refractivity contribution in [2.24, 2.45) is 0 Å². The molecule has 0 saturated carbocycles. The molecular weight excluding hydrogens is 449 g/mol. The van der Waals surface area contributed by atoms with E-state index >= 15 is 4.39 Å². The molecular formula is C27H34FNO4Si. The van der Waals surface area contributed by atoms with Crippen LogP contribution in [0.2, 0.25) is 18.1 Å². The van der Waals surface area contributed by atoms with Crippen LogP contribution in [0.4, 0.5) is 4.39 Å². The number of carbonyl (C=O) groups is 1. The first-order valence-corrected chi connectivity index (χ1v) is 14.6. The van der Waals surface area contributed by atoms with Gasteiger partial charge in [0.15, 0.2) is 8.32 Å². The average molecular weight is 484 g/mol.